The lowest BCUT2D eigenvalue weighted by atomic mass is 9.89. The van der Waals surface area contributed by atoms with E-state index in [9.17, 15) is 5.02 Å². The van der Waals surface area contributed by atoms with Crippen molar-refractivity contribution in [2.75, 3.05) is 0 Å². The third-order valence-electron chi connectivity index (χ3n) is 2.72. The number of hydrogen-bond acceptors (Lipinski definition) is 4. The van der Waals surface area contributed by atoms with Crippen LogP contribution in [0.1, 0.15) is 25.6 Å². The lowest BCUT2D eigenvalue weighted by molar-refractivity contribution is 0.281. The van der Waals surface area contributed by atoms with Gasteiger partial charge in [-0.15, -0.1) is 11.3 Å². The van der Waals surface area contributed by atoms with Crippen LogP contribution in [-0.4, -0.2) is 12.1 Å². The normalized spacial score (nSPS) is 13.2. The summed E-state index contributed by atoms with van der Waals surface area (Å²) in [6.45, 7) is 6.67. The Kier molecular flexibility index (Phi) is 4.79. The van der Waals surface area contributed by atoms with Crippen molar-refractivity contribution in [3.8, 4) is 0 Å². The first-order valence-corrected chi connectivity index (χ1v) is 5.98. The molecule has 84 valence electrons. The van der Waals surface area contributed by atoms with Crippen LogP contribution in [0.15, 0.2) is 12.1 Å². The Balaban J connectivity index is 2.60. The van der Waals surface area contributed by atoms with Crippen LogP contribution in [0.5, 0.6) is 0 Å². The average molecular weight is 227 g/mol. The fourth-order valence-corrected chi connectivity index (χ4v) is 2.33. The molecule has 3 N–H and O–H groups in total. The zero-order valence-corrected chi connectivity index (χ0v) is 10.3. The summed E-state index contributed by atoms with van der Waals surface area (Å²) in [6, 6.07) is 3.89. The van der Waals surface area contributed by atoms with Gasteiger partial charge in [-0.1, -0.05) is 26.8 Å². The molecule has 0 saturated carbocycles. The van der Waals surface area contributed by atoms with Gasteiger partial charge in [0.25, 0.3) is 0 Å². The molecule has 0 aliphatic carbocycles. The molecule has 1 rings (SSSR count). The van der Waals surface area contributed by atoms with E-state index >= 15 is 0 Å². The van der Waals surface area contributed by atoms with Gasteiger partial charge < -0.3 is 9.78 Å². The highest BCUT2D eigenvalue weighted by Gasteiger charge is 2.18. The highest BCUT2D eigenvalue weighted by molar-refractivity contribution is 7.22. The monoisotopic (exact) mass is 227 g/mol. The number of hydrogen-bond donors (Lipinski definition) is 2. The van der Waals surface area contributed by atoms with Crippen LogP contribution in [0.25, 0.3) is 0 Å². The van der Waals surface area contributed by atoms with E-state index in [4.69, 9.17) is 5.90 Å². The molecule has 0 radical (unpaired) electrons. The quantitative estimate of drug-likeness (QED) is 0.586. The molecule has 0 amide bonds. The molecule has 0 spiro atoms. The van der Waals surface area contributed by atoms with Crippen LogP contribution in [0, 0.1) is 11.8 Å². The van der Waals surface area contributed by atoms with Gasteiger partial charge >= 0.3 is 7.12 Å². The first-order chi connectivity index (χ1) is 7.04. The van der Waals surface area contributed by atoms with Gasteiger partial charge in [-0.25, -0.2) is 5.90 Å². The maximum Gasteiger partial charge on any atom is 0.518 e. The molecule has 0 bridgehead atoms. The number of rotatable bonds is 5. The highest BCUT2D eigenvalue weighted by Crippen LogP contribution is 2.19. The van der Waals surface area contributed by atoms with Crippen LogP contribution in [0.3, 0.4) is 0 Å². The van der Waals surface area contributed by atoms with E-state index in [1.165, 1.54) is 4.88 Å². The minimum Gasteiger partial charge on any atom is -0.422 e. The summed E-state index contributed by atoms with van der Waals surface area (Å²) in [7, 11) is -0.988. The summed E-state index contributed by atoms with van der Waals surface area (Å²) in [5.41, 5.74) is 0. The molecule has 0 fully saturated rings. The van der Waals surface area contributed by atoms with Crippen LogP contribution < -0.4 is 10.7 Å². The molecule has 0 aliphatic rings. The fourth-order valence-electron chi connectivity index (χ4n) is 1.26. The molecule has 1 heterocycles. The van der Waals surface area contributed by atoms with Crippen molar-refractivity contribution < 1.29 is 9.78 Å². The zero-order chi connectivity index (χ0) is 11.4. The van der Waals surface area contributed by atoms with Gasteiger partial charge in [0.2, 0.25) is 0 Å². The van der Waals surface area contributed by atoms with E-state index in [1.807, 2.05) is 12.1 Å². The second-order valence-electron chi connectivity index (χ2n) is 4.22. The van der Waals surface area contributed by atoms with Gasteiger partial charge in [-0.05, 0) is 24.3 Å². The Morgan fingerprint density at radius 3 is 2.67 bits per heavy atom. The van der Waals surface area contributed by atoms with Gasteiger partial charge in [-0.3, -0.25) is 0 Å². The average Bonchev–Trinajstić information content (AvgIpc) is 2.65. The first-order valence-electron chi connectivity index (χ1n) is 5.16. The second-order valence-corrected chi connectivity index (χ2v) is 5.42. The van der Waals surface area contributed by atoms with Crippen LogP contribution in [0.2, 0.25) is 0 Å². The summed E-state index contributed by atoms with van der Waals surface area (Å²) < 4.78 is 5.14. The third-order valence-corrected chi connectivity index (χ3v) is 3.85. The van der Waals surface area contributed by atoms with Crippen LogP contribution in [-0.2, 0) is 11.2 Å². The number of nitrogens with two attached hydrogens (primary N) is 1. The molecule has 0 aromatic carbocycles. The molecule has 5 heteroatoms. The molecule has 1 aromatic rings. The summed E-state index contributed by atoms with van der Waals surface area (Å²) in [4.78, 5) is 1.27. The predicted molar refractivity (Wildman–Crippen MR) is 64.9 cm³/mol. The molecular weight excluding hydrogens is 209 g/mol. The standard InChI is InChI=1S/C10H18BNO2S/c1-7(2)8(3)6-9-4-5-10(15-9)11(13)14-12/h4-5,7-8,13H,6,12H2,1-3H3. The lowest BCUT2D eigenvalue weighted by Gasteiger charge is -2.13. The summed E-state index contributed by atoms with van der Waals surface area (Å²) in [5.74, 6) is 6.24. The van der Waals surface area contributed by atoms with E-state index in [0.717, 1.165) is 11.2 Å². The Morgan fingerprint density at radius 2 is 2.13 bits per heavy atom. The molecule has 1 atom stereocenters. The van der Waals surface area contributed by atoms with Crippen molar-refractivity contribution in [1.29, 1.82) is 0 Å². The van der Waals surface area contributed by atoms with Crippen molar-refractivity contribution in [2.45, 2.75) is 27.2 Å². The summed E-state index contributed by atoms with van der Waals surface area (Å²) >= 11 is 1.56. The second kappa shape index (κ2) is 5.65. The van der Waals surface area contributed by atoms with Crippen LogP contribution in [0.4, 0.5) is 0 Å². The summed E-state index contributed by atoms with van der Waals surface area (Å²) in [6.07, 6.45) is 1.04. The molecule has 0 saturated heterocycles. The predicted octanol–water partition coefficient (Wildman–Crippen LogP) is 1.16. The summed E-state index contributed by atoms with van der Waals surface area (Å²) in [5, 5.41) is 9.35. The van der Waals surface area contributed by atoms with E-state index < -0.39 is 7.12 Å². The third kappa shape index (κ3) is 3.61. The molecule has 3 nitrogen and oxygen atoms in total. The van der Waals surface area contributed by atoms with Crippen molar-refractivity contribution in [3.63, 3.8) is 0 Å². The van der Waals surface area contributed by atoms with Gasteiger partial charge in [0.1, 0.15) is 0 Å². The topological polar surface area (TPSA) is 55.5 Å². The van der Waals surface area contributed by atoms with E-state index in [0.29, 0.717) is 11.8 Å². The first kappa shape index (κ1) is 12.7. The molecular formula is C10H18BNO2S. The van der Waals surface area contributed by atoms with Gasteiger partial charge in [0.15, 0.2) is 0 Å². The molecule has 15 heavy (non-hydrogen) atoms. The number of thiophene rings is 1. The molecule has 0 aliphatic heterocycles. The smallest absolute Gasteiger partial charge is 0.422 e. The van der Waals surface area contributed by atoms with Crippen molar-refractivity contribution in [3.05, 3.63) is 17.0 Å². The molecule has 1 aromatic heterocycles. The Bertz CT molecular complexity index is 303. The SMILES string of the molecule is CC(C)C(C)Cc1ccc(B(O)ON)s1. The van der Waals surface area contributed by atoms with E-state index in [1.54, 1.807) is 11.3 Å². The van der Waals surface area contributed by atoms with E-state index in [-0.39, 0.29) is 0 Å². The van der Waals surface area contributed by atoms with Gasteiger partial charge in [0, 0.05) is 9.65 Å². The van der Waals surface area contributed by atoms with Crippen LogP contribution >= 0.6 is 11.3 Å². The Labute approximate surface area is 95.4 Å². The zero-order valence-electron chi connectivity index (χ0n) is 9.43. The maximum atomic E-state index is 9.35. The van der Waals surface area contributed by atoms with Crippen molar-refractivity contribution in [1.82, 2.24) is 0 Å². The molecule has 1 unspecified atom stereocenters. The Morgan fingerprint density at radius 1 is 1.47 bits per heavy atom. The Hall–Kier alpha value is -0.355. The minimum atomic E-state index is -0.988. The lowest BCUT2D eigenvalue weighted by Crippen LogP contribution is -2.33. The highest BCUT2D eigenvalue weighted by atomic mass is 32.1. The van der Waals surface area contributed by atoms with E-state index in [2.05, 4.69) is 25.5 Å². The van der Waals surface area contributed by atoms with Gasteiger partial charge in [-0.2, -0.15) is 0 Å². The fraction of sp³-hybridized carbons (Fsp3) is 0.600. The van der Waals surface area contributed by atoms with Crippen molar-refractivity contribution in [2.24, 2.45) is 17.7 Å². The van der Waals surface area contributed by atoms with Gasteiger partial charge in [0.05, 0.1) is 0 Å². The minimum absolute atomic E-state index is 0.646. The maximum absolute atomic E-state index is 9.35. The largest absolute Gasteiger partial charge is 0.518 e. The van der Waals surface area contributed by atoms with Crippen molar-refractivity contribution >= 4 is 23.2 Å².